The van der Waals surface area contributed by atoms with Crippen LogP contribution in [-0.2, 0) is 22.6 Å². The predicted octanol–water partition coefficient (Wildman–Crippen LogP) is 5.49. The maximum absolute atomic E-state index is 13.5. The highest BCUT2D eigenvalue weighted by molar-refractivity contribution is 5.82. The van der Waals surface area contributed by atoms with Gasteiger partial charge in [-0.15, -0.1) is 0 Å². The molecule has 1 fully saturated rings. The van der Waals surface area contributed by atoms with Gasteiger partial charge in [-0.3, -0.25) is 9.59 Å². The lowest BCUT2D eigenvalue weighted by Gasteiger charge is -2.38. The van der Waals surface area contributed by atoms with E-state index >= 15 is 0 Å². The molecule has 2 amide bonds. The van der Waals surface area contributed by atoms with Crippen molar-refractivity contribution in [3.05, 3.63) is 100 Å². The molecule has 2 aliphatic rings. The second kappa shape index (κ2) is 10.8. The van der Waals surface area contributed by atoms with Crippen LogP contribution in [-0.4, -0.2) is 29.4 Å². The number of carbonyl (C=O) groups excluding carboxylic acids is 2. The van der Waals surface area contributed by atoms with Gasteiger partial charge in [-0.2, -0.15) is 0 Å². The second-order valence-corrected chi connectivity index (χ2v) is 10.1. The normalized spacial score (nSPS) is 17.6. The fraction of sp³-hybridized carbons (Fsp3) is 0.355. The Labute approximate surface area is 217 Å². The molecule has 37 heavy (non-hydrogen) atoms. The number of hydrogen-bond acceptors (Lipinski definition) is 3. The number of amides is 2. The predicted molar refractivity (Wildman–Crippen MR) is 141 cm³/mol. The molecule has 1 aliphatic heterocycles. The SMILES string of the molecule is CC[C@@H](Oc1ccc2c(c1)[C@@H](c1ccc(C)cc1)N(C(=O)C1CC1)CC2)C(=O)NCc1cccc(F)c1. The Morgan fingerprint density at radius 3 is 2.57 bits per heavy atom. The standard InChI is InChI=1S/C31H33FN2O3/c1-3-28(30(35)33-19-21-5-4-6-25(32)17-21)37-26-14-13-22-15-16-34(31(36)24-11-12-24)29(27(22)18-26)23-9-7-20(2)8-10-23/h4-10,13-14,17-18,24,28-29H,3,11-12,15-16,19H2,1-2H3,(H,33,35)/t28-,29-/m1/s1. The number of halogens is 1. The van der Waals surface area contributed by atoms with Crippen LogP contribution in [0.3, 0.4) is 0 Å². The van der Waals surface area contributed by atoms with E-state index in [4.69, 9.17) is 4.74 Å². The zero-order chi connectivity index (χ0) is 25.9. The van der Waals surface area contributed by atoms with Crippen LogP contribution in [0.5, 0.6) is 5.75 Å². The molecule has 3 aromatic carbocycles. The van der Waals surface area contributed by atoms with E-state index in [0.717, 1.165) is 30.4 Å². The fourth-order valence-electron chi connectivity index (χ4n) is 5.01. The largest absolute Gasteiger partial charge is 0.481 e. The molecule has 192 valence electrons. The van der Waals surface area contributed by atoms with Gasteiger partial charge in [0.2, 0.25) is 5.91 Å². The number of aryl methyl sites for hydroxylation is 1. The molecule has 0 bridgehead atoms. The summed E-state index contributed by atoms with van der Waals surface area (Å²) in [6, 6.07) is 20.3. The maximum atomic E-state index is 13.5. The molecular weight excluding hydrogens is 467 g/mol. The molecule has 3 aromatic rings. The number of fused-ring (bicyclic) bond motifs is 1. The van der Waals surface area contributed by atoms with E-state index < -0.39 is 6.10 Å². The summed E-state index contributed by atoms with van der Waals surface area (Å²) in [6.45, 7) is 4.88. The van der Waals surface area contributed by atoms with Gasteiger partial charge in [-0.1, -0.05) is 55.0 Å². The van der Waals surface area contributed by atoms with Crippen molar-refractivity contribution in [2.45, 2.75) is 58.2 Å². The van der Waals surface area contributed by atoms with Crippen LogP contribution in [0.25, 0.3) is 0 Å². The van der Waals surface area contributed by atoms with Gasteiger partial charge in [-0.25, -0.2) is 4.39 Å². The summed E-state index contributed by atoms with van der Waals surface area (Å²) in [5.41, 5.74) is 5.20. The van der Waals surface area contributed by atoms with Crippen molar-refractivity contribution in [2.75, 3.05) is 6.54 Å². The quantitative estimate of drug-likeness (QED) is 0.445. The van der Waals surface area contributed by atoms with Crippen LogP contribution in [0.15, 0.2) is 66.7 Å². The monoisotopic (exact) mass is 500 g/mol. The van der Waals surface area contributed by atoms with Crippen molar-refractivity contribution >= 4 is 11.8 Å². The first kappa shape index (κ1) is 25.0. The summed E-state index contributed by atoms with van der Waals surface area (Å²) in [5.74, 6) is 0.391. The van der Waals surface area contributed by atoms with E-state index in [1.807, 2.05) is 24.0 Å². The number of ether oxygens (including phenoxy) is 1. The lowest BCUT2D eigenvalue weighted by molar-refractivity contribution is -0.134. The third kappa shape index (κ3) is 5.68. The number of nitrogens with zero attached hydrogens (tertiary/aromatic N) is 1. The van der Waals surface area contributed by atoms with Gasteiger partial charge in [0.25, 0.3) is 5.91 Å². The Kier molecular flexibility index (Phi) is 7.26. The molecule has 1 aliphatic carbocycles. The highest BCUT2D eigenvalue weighted by atomic mass is 19.1. The average Bonchev–Trinajstić information content (AvgIpc) is 3.75. The fourth-order valence-corrected chi connectivity index (χ4v) is 5.01. The van der Waals surface area contributed by atoms with E-state index in [1.54, 1.807) is 12.1 Å². The molecule has 0 unspecified atom stereocenters. The summed E-state index contributed by atoms with van der Waals surface area (Å²) < 4.78 is 19.7. The van der Waals surface area contributed by atoms with E-state index in [-0.39, 0.29) is 36.1 Å². The third-order valence-electron chi connectivity index (χ3n) is 7.25. The molecule has 1 saturated carbocycles. The number of benzene rings is 3. The van der Waals surface area contributed by atoms with Crippen molar-refractivity contribution in [3.63, 3.8) is 0 Å². The highest BCUT2D eigenvalue weighted by Gasteiger charge is 2.39. The number of rotatable bonds is 8. The van der Waals surface area contributed by atoms with E-state index in [0.29, 0.717) is 24.3 Å². The maximum Gasteiger partial charge on any atom is 0.261 e. The second-order valence-electron chi connectivity index (χ2n) is 10.1. The molecular formula is C31H33FN2O3. The number of hydrogen-bond donors (Lipinski definition) is 1. The molecule has 1 N–H and O–H groups in total. The van der Waals surface area contributed by atoms with E-state index in [2.05, 4.69) is 42.6 Å². The third-order valence-corrected chi connectivity index (χ3v) is 7.25. The van der Waals surface area contributed by atoms with Crippen LogP contribution in [0.2, 0.25) is 0 Å². The van der Waals surface area contributed by atoms with Crippen molar-refractivity contribution in [1.29, 1.82) is 0 Å². The molecule has 5 rings (SSSR count). The zero-order valence-electron chi connectivity index (χ0n) is 21.4. The molecule has 1 heterocycles. The number of carbonyl (C=O) groups is 2. The molecule has 0 saturated heterocycles. The average molecular weight is 501 g/mol. The van der Waals surface area contributed by atoms with Gasteiger partial charge < -0.3 is 15.0 Å². The first-order valence-electron chi connectivity index (χ1n) is 13.1. The van der Waals surface area contributed by atoms with Crippen molar-refractivity contribution in [2.24, 2.45) is 5.92 Å². The Hall–Kier alpha value is -3.67. The first-order valence-corrected chi connectivity index (χ1v) is 13.1. The topological polar surface area (TPSA) is 58.6 Å². The Morgan fingerprint density at radius 1 is 1.08 bits per heavy atom. The van der Waals surface area contributed by atoms with Gasteiger partial charge in [-0.05, 0) is 79.1 Å². The summed E-state index contributed by atoms with van der Waals surface area (Å²) in [4.78, 5) is 28.2. The molecule has 6 heteroatoms. The van der Waals surface area contributed by atoms with Crippen molar-refractivity contribution in [1.82, 2.24) is 10.2 Å². The molecule has 5 nitrogen and oxygen atoms in total. The molecule has 0 radical (unpaired) electrons. The Balaban J connectivity index is 1.37. The van der Waals surface area contributed by atoms with Gasteiger partial charge in [0.15, 0.2) is 6.10 Å². The summed E-state index contributed by atoms with van der Waals surface area (Å²) in [5, 5.41) is 2.86. The van der Waals surface area contributed by atoms with Crippen LogP contribution in [0, 0.1) is 18.7 Å². The van der Waals surface area contributed by atoms with E-state index in [1.165, 1.54) is 23.3 Å². The van der Waals surface area contributed by atoms with Gasteiger partial charge in [0.1, 0.15) is 11.6 Å². The highest BCUT2D eigenvalue weighted by Crippen LogP contribution is 2.41. The van der Waals surface area contributed by atoms with Crippen molar-refractivity contribution < 1.29 is 18.7 Å². The zero-order valence-corrected chi connectivity index (χ0v) is 21.4. The molecule has 0 aromatic heterocycles. The van der Waals surface area contributed by atoms with Crippen LogP contribution in [0.1, 0.15) is 60.0 Å². The van der Waals surface area contributed by atoms with E-state index in [9.17, 15) is 14.0 Å². The van der Waals surface area contributed by atoms with Gasteiger partial charge >= 0.3 is 0 Å². The van der Waals surface area contributed by atoms with Crippen LogP contribution >= 0.6 is 0 Å². The summed E-state index contributed by atoms with van der Waals surface area (Å²) in [6.07, 6.45) is 2.53. The summed E-state index contributed by atoms with van der Waals surface area (Å²) >= 11 is 0. The van der Waals surface area contributed by atoms with Gasteiger partial charge in [0.05, 0.1) is 6.04 Å². The van der Waals surface area contributed by atoms with Crippen LogP contribution in [0.4, 0.5) is 4.39 Å². The Morgan fingerprint density at radius 2 is 1.86 bits per heavy atom. The minimum atomic E-state index is -0.683. The first-order chi connectivity index (χ1) is 17.9. The number of nitrogens with one attached hydrogen (secondary N) is 1. The lowest BCUT2D eigenvalue weighted by atomic mass is 9.87. The van der Waals surface area contributed by atoms with Gasteiger partial charge in [0, 0.05) is 19.0 Å². The van der Waals surface area contributed by atoms with Crippen molar-refractivity contribution in [3.8, 4) is 5.75 Å². The minimum Gasteiger partial charge on any atom is -0.481 e. The smallest absolute Gasteiger partial charge is 0.261 e. The summed E-state index contributed by atoms with van der Waals surface area (Å²) in [7, 11) is 0. The lowest BCUT2D eigenvalue weighted by Crippen LogP contribution is -2.41. The molecule has 0 spiro atoms. The Bertz CT molecular complexity index is 1290. The van der Waals surface area contributed by atoms with Crippen LogP contribution < -0.4 is 10.1 Å². The minimum absolute atomic E-state index is 0.139. The molecule has 2 atom stereocenters.